The highest BCUT2D eigenvalue weighted by molar-refractivity contribution is 5.91. The van der Waals surface area contributed by atoms with E-state index in [2.05, 4.69) is 20.5 Å². The Balaban J connectivity index is 1.76. The summed E-state index contributed by atoms with van der Waals surface area (Å²) in [5.74, 6) is 0.655. The second kappa shape index (κ2) is 6.49. The highest BCUT2D eigenvalue weighted by Gasteiger charge is 1.98. The van der Waals surface area contributed by atoms with Crippen LogP contribution in [0.25, 0.3) is 6.08 Å². The summed E-state index contributed by atoms with van der Waals surface area (Å²) in [6.45, 7) is 2.57. The number of rotatable bonds is 5. The van der Waals surface area contributed by atoms with Crippen molar-refractivity contribution in [3.05, 3.63) is 53.6 Å². The van der Waals surface area contributed by atoms with Crippen LogP contribution in [0.3, 0.4) is 0 Å². The number of amides is 1. The van der Waals surface area contributed by atoms with Gasteiger partial charge >= 0.3 is 0 Å². The van der Waals surface area contributed by atoms with Gasteiger partial charge in [-0.3, -0.25) is 9.89 Å². The maximum Gasteiger partial charge on any atom is 0.244 e. The average molecular weight is 256 g/mol. The van der Waals surface area contributed by atoms with Crippen molar-refractivity contribution in [1.82, 2.24) is 20.5 Å². The van der Waals surface area contributed by atoms with Crippen molar-refractivity contribution in [2.24, 2.45) is 0 Å². The number of aromatic amines is 1. The Morgan fingerprint density at radius 2 is 2.16 bits per heavy atom. The van der Waals surface area contributed by atoms with E-state index in [0.29, 0.717) is 13.0 Å². The zero-order valence-electron chi connectivity index (χ0n) is 10.8. The van der Waals surface area contributed by atoms with E-state index < -0.39 is 0 Å². The van der Waals surface area contributed by atoms with Gasteiger partial charge in [0.1, 0.15) is 12.2 Å². The number of carbonyl (C=O) groups excluding carboxylic acids is 1. The molecule has 5 heteroatoms. The van der Waals surface area contributed by atoms with E-state index >= 15 is 0 Å². The third-order valence-electron chi connectivity index (χ3n) is 2.63. The molecule has 2 rings (SSSR count). The predicted molar refractivity (Wildman–Crippen MR) is 73.3 cm³/mol. The number of nitrogens with one attached hydrogen (secondary N) is 2. The van der Waals surface area contributed by atoms with E-state index in [1.54, 1.807) is 6.08 Å². The molecule has 1 aromatic heterocycles. The molecule has 98 valence electrons. The number of hydrogen-bond acceptors (Lipinski definition) is 3. The molecule has 0 radical (unpaired) electrons. The molecule has 0 atom stereocenters. The quantitative estimate of drug-likeness (QED) is 0.796. The normalized spacial score (nSPS) is 10.8. The summed E-state index contributed by atoms with van der Waals surface area (Å²) in [6.07, 6.45) is 5.42. The third kappa shape index (κ3) is 4.39. The summed E-state index contributed by atoms with van der Waals surface area (Å²) < 4.78 is 0. The fraction of sp³-hybridized carbons (Fsp3) is 0.214. The minimum absolute atomic E-state index is 0.111. The molecule has 2 N–H and O–H groups in total. The maximum atomic E-state index is 11.6. The van der Waals surface area contributed by atoms with Gasteiger partial charge < -0.3 is 5.32 Å². The highest BCUT2D eigenvalue weighted by Crippen LogP contribution is 2.04. The largest absolute Gasteiger partial charge is 0.352 e. The Hall–Kier alpha value is -2.43. The fourth-order valence-electron chi connectivity index (χ4n) is 1.56. The monoisotopic (exact) mass is 256 g/mol. The molecule has 0 saturated carbocycles. The SMILES string of the molecule is Cc1ccc(C=CC(=O)NCCc2ncn[nH]2)cc1. The second-order valence-corrected chi connectivity index (χ2v) is 4.22. The topological polar surface area (TPSA) is 70.7 Å². The Kier molecular flexibility index (Phi) is 4.44. The first-order valence-electron chi connectivity index (χ1n) is 6.11. The van der Waals surface area contributed by atoms with Crippen LogP contribution in [-0.4, -0.2) is 27.6 Å². The summed E-state index contributed by atoms with van der Waals surface area (Å²) in [5.41, 5.74) is 2.21. The van der Waals surface area contributed by atoms with E-state index in [1.807, 2.05) is 31.2 Å². The van der Waals surface area contributed by atoms with Gasteiger partial charge in [0.2, 0.25) is 5.91 Å². The Morgan fingerprint density at radius 3 is 2.84 bits per heavy atom. The Labute approximate surface area is 111 Å². The molecule has 19 heavy (non-hydrogen) atoms. The van der Waals surface area contributed by atoms with E-state index in [-0.39, 0.29) is 5.91 Å². The minimum Gasteiger partial charge on any atom is -0.352 e. The fourth-order valence-corrected chi connectivity index (χ4v) is 1.56. The van der Waals surface area contributed by atoms with Gasteiger partial charge in [0, 0.05) is 19.0 Å². The predicted octanol–water partition coefficient (Wildman–Crippen LogP) is 1.49. The second-order valence-electron chi connectivity index (χ2n) is 4.22. The zero-order valence-corrected chi connectivity index (χ0v) is 10.8. The molecule has 0 aliphatic heterocycles. The number of nitrogens with zero attached hydrogens (tertiary/aromatic N) is 2. The van der Waals surface area contributed by atoms with Gasteiger partial charge in [0.15, 0.2) is 0 Å². The molecule has 0 aliphatic rings. The molecule has 1 amide bonds. The molecule has 5 nitrogen and oxygen atoms in total. The molecule has 0 bridgehead atoms. The lowest BCUT2D eigenvalue weighted by molar-refractivity contribution is -0.116. The van der Waals surface area contributed by atoms with Crippen molar-refractivity contribution >= 4 is 12.0 Å². The van der Waals surface area contributed by atoms with Crippen molar-refractivity contribution in [2.45, 2.75) is 13.3 Å². The molecule has 0 saturated heterocycles. The van der Waals surface area contributed by atoms with Crippen molar-refractivity contribution in [2.75, 3.05) is 6.54 Å². The van der Waals surface area contributed by atoms with E-state index in [9.17, 15) is 4.79 Å². The maximum absolute atomic E-state index is 11.6. The summed E-state index contributed by atoms with van der Waals surface area (Å²) in [5, 5.41) is 9.27. The van der Waals surface area contributed by atoms with Gasteiger partial charge in [0.25, 0.3) is 0 Å². The lowest BCUT2D eigenvalue weighted by Crippen LogP contribution is -2.23. The van der Waals surface area contributed by atoms with E-state index in [1.165, 1.54) is 18.0 Å². The van der Waals surface area contributed by atoms with Crippen LogP contribution >= 0.6 is 0 Å². The molecule has 1 heterocycles. The number of aryl methyl sites for hydroxylation is 1. The Morgan fingerprint density at radius 1 is 1.37 bits per heavy atom. The standard InChI is InChI=1S/C14H16N4O/c1-11-2-4-12(5-3-11)6-7-14(19)15-9-8-13-16-10-17-18-13/h2-7,10H,8-9H2,1H3,(H,15,19)(H,16,17,18). The third-order valence-corrected chi connectivity index (χ3v) is 2.63. The van der Waals surface area contributed by atoms with E-state index in [4.69, 9.17) is 0 Å². The van der Waals surface area contributed by atoms with Gasteiger partial charge in [0.05, 0.1) is 0 Å². The van der Waals surface area contributed by atoms with Gasteiger partial charge in [-0.2, -0.15) is 5.10 Å². The number of hydrogen-bond donors (Lipinski definition) is 2. The summed E-state index contributed by atoms with van der Waals surface area (Å²) in [6, 6.07) is 7.99. The van der Waals surface area contributed by atoms with Crippen molar-refractivity contribution < 1.29 is 4.79 Å². The first-order valence-corrected chi connectivity index (χ1v) is 6.11. The van der Waals surface area contributed by atoms with Crippen molar-refractivity contribution in [3.8, 4) is 0 Å². The first kappa shape index (κ1) is 13.0. The van der Waals surface area contributed by atoms with Crippen LogP contribution in [0.2, 0.25) is 0 Å². The smallest absolute Gasteiger partial charge is 0.244 e. The summed E-state index contributed by atoms with van der Waals surface area (Å²) >= 11 is 0. The molecule has 0 fully saturated rings. The molecule has 0 aliphatic carbocycles. The lowest BCUT2D eigenvalue weighted by Gasteiger charge is -1.99. The van der Waals surface area contributed by atoms with Crippen LogP contribution in [0.4, 0.5) is 0 Å². The van der Waals surface area contributed by atoms with Gasteiger partial charge in [-0.05, 0) is 18.6 Å². The summed E-state index contributed by atoms with van der Waals surface area (Å²) in [7, 11) is 0. The van der Waals surface area contributed by atoms with Crippen LogP contribution in [-0.2, 0) is 11.2 Å². The van der Waals surface area contributed by atoms with Crippen molar-refractivity contribution in [3.63, 3.8) is 0 Å². The van der Waals surface area contributed by atoms with Crippen LogP contribution in [0.1, 0.15) is 17.0 Å². The summed E-state index contributed by atoms with van der Waals surface area (Å²) in [4.78, 5) is 15.5. The zero-order chi connectivity index (χ0) is 13.5. The molecule has 1 aromatic carbocycles. The van der Waals surface area contributed by atoms with Crippen LogP contribution in [0.5, 0.6) is 0 Å². The lowest BCUT2D eigenvalue weighted by atomic mass is 10.1. The molecular formula is C14H16N4O. The van der Waals surface area contributed by atoms with Crippen LogP contribution < -0.4 is 5.32 Å². The highest BCUT2D eigenvalue weighted by atomic mass is 16.1. The minimum atomic E-state index is -0.111. The Bertz CT molecular complexity index is 543. The molecule has 2 aromatic rings. The van der Waals surface area contributed by atoms with Crippen LogP contribution in [0, 0.1) is 6.92 Å². The van der Waals surface area contributed by atoms with Gasteiger partial charge in [-0.15, -0.1) is 0 Å². The molecular weight excluding hydrogens is 240 g/mol. The van der Waals surface area contributed by atoms with Gasteiger partial charge in [-0.25, -0.2) is 4.98 Å². The number of benzene rings is 1. The molecule has 0 spiro atoms. The number of aromatic nitrogens is 3. The van der Waals surface area contributed by atoms with E-state index in [0.717, 1.165) is 11.4 Å². The number of H-pyrrole nitrogens is 1. The first-order chi connectivity index (χ1) is 9.24. The average Bonchev–Trinajstić information content (AvgIpc) is 2.91. The number of carbonyl (C=O) groups is 1. The van der Waals surface area contributed by atoms with Gasteiger partial charge in [-0.1, -0.05) is 29.8 Å². The van der Waals surface area contributed by atoms with Crippen molar-refractivity contribution in [1.29, 1.82) is 0 Å². The molecule has 0 unspecified atom stereocenters. The van der Waals surface area contributed by atoms with Crippen LogP contribution in [0.15, 0.2) is 36.7 Å².